The largest absolute Gasteiger partial charge is 0.508 e. The number of nitrogens with one attached hydrogen (secondary N) is 1. The summed E-state index contributed by atoms with van der Waals surface area (Å²) in [6.45, 7) is 1.77. The van der Waals surface area contributed by atoms with Crippen LogP contribution in [0, 0.1) is 22.7 Å². The van der Waals surface area contributed by atoms with Gasteiger partial charge in [0.1, 0.15) is 5.75 Å². The third-order valence-corrected chi connectivity index (χ3v) is 4.60. The maximum Gasteiger partial charge on any atom is 0.337 e. The van der Waals surface area contributed by atoms with Crippen molar-refractivity contribution < 1.29 is 14.6 Å². The lowest BCUT2D eigenvalue weighted by molar-refractivity contribution is 0.0600. The van der Waals surface area contributed by atoms with Crippen molar-refractivity contribution in [1.82, 2.24) is 5.32 Å². The molecule has 0 radical (unpaired) electrons. The van der Waals surface area contributed by atoms with Crippen LogP contribution in [-0.4, -0.2) is 18.2 Å². The smallest absolute Gasteiger partial charge is 0.337 e. The molecular formula is C22H17N3O3. The van der Waals surface area contributed by atoms with Crippen LogP contribution < -0.4 is 5.32 Å². The van der Waals surface area contributed by atoms with E-state index in [1.807, 2.05) is 0 Å². The number of ether oxygens (including phenoxy) is 1. The van der Waals surface area contributed by atoms with E-state index in [9.17, 15) is 20.4 Å². The number of phenolic OH excluding ortho intramolecular Hbond substituents is 1. The van der Waals surface area contributed by atoms with Crippen molar-refractivity contribution in [2.24, 2.45) is 0 Å². The Kier molecular flexibility index (Phi) is 5.15. The van der Waals surface area contributed by atoms with E-state index in [4.69, 9.17) is 4.74 Å². The number of nitriles is 2. The molecule has 2 N–H and O–H groups in total. The highest BCUT2D eigenvalue weighted by Crippen LogP contribution is 2.40. The number of aromatic hydroxyl groups is 1. The predicted molar refractivity (Wildman–Crippen MR) is 103 cm³/mol. The van der Waals surface area contributed by atoms with Gasteiger partial charge in [-0.05, 0) is 54.4 Å². The SMILES string of the molecule is COC(=O)c1cccc(C2C(C#N)=C(C)NC(c3ccc(O)cc3)=C2C#N)c1. The van der Waals surface area contributed by atoms with Gasteiger partial charge in [-0.1, -0.05) is 12.1 Å². The summed E-state index contributed by atoms with van der Waals surface area (Å²) >= 11 is 0. The maximum absolute atomic E-state index is 11.9. The minimum absolute atomic E-state index is 0.117. The molecule has 0 aliphatic carbocycles. The van der Waals surface area contributed by atoms with Crippen LogP contribution in [0.5, 0.6) is 5.75 Å². The molecule has 3 rings (SSSR count). The molecule has 1 aliphatic rings. The zero-order chi connectivity index (χ0) is 20.3. The first-order chi connectivity index (χ1) is 13.5. The summed E-state index contributed by atoms with van der Waals surface area (Å²) in [6.07, 6.45) is 0. The van der Waals surface area contributed by atoms with Gasteiger partial charge in [0, 0.05) is 5.70 Å². The van der Waals surface area contributed by atoms with E-state index < -0.39 is 11.9 Å². The molecule has 6 heteroatoms. The zero-order valence-electron chi connectivity index (χ0n) is 15.4. The molecule has 0 aromatic heterocycles. The van der Waals surface area contributed by atoms with Gasteiger partial charge in [-0.2, -0.15) is 10.5 Å². The first-order valence-corrected chi connectivity index (χ1v) is 8.50. The number of nitrogens with zero attached hydrogens (tertiary/aromatic N) is 2. The number of allylic oxidation sites excluding steroid dienone is 3. The topological polar surface area (TPSA) is 106 Å². The van der Waals surface area contributed by atoms with Crippen LogP contribution in [0.4, 0.5) is 0 Å². The Bertz CT molecular complexity index is 1080. The van der Waals surface area contributed by atoms with Crippen molar-refractivity contribution in [3.05, 3.63) is 82.1 Å². The van der Waals surface area contributed by atoms with E-state index >= 15 is 0 Å². The number of esters is 1. The van der Waals surface area contributed by atoms with Gasteiger partial charge in [-0.25, -0.2) is 4.79 Å². The lowest BCUT2D eigenvalue weighted by Gasteiger charge is -2.28. The second-order valence-corrected chi connectivity index (χ2v) is 6.27. The van der Waals surface area contributed by atoms with Crippen molar-refractivity contribution in [3.8, 4) is 17.9 Å². The van der Waals surface area contributed by atoms with Gasteiger partial charge in [-0.3, -0.25) is 0 Å². The highest BCUT2D eigenvalue weighted by Gasteiger charge is 2.31. The number of methoxy groups -OCH3 is 1. The second kappa shape index (κ2) is 7.69. The van der Waals surface area contributed by atoms with Crippen molar-refractivity contribution in [2.45, 2.75) is 12.8 Å². The number of carbonyl (C=O) groups excluding carboxylic acids is 1. The molecule has 28 heavy (non-hydrogen) atoms. The average molecular weight is 371 g/mol. The number of hydrogen-bond donors (Lipinski definition) is 2. The molecule has 1 atom stereocenters. The molecule has 2 aromatic rings. The number of benzene rings is 2. The Morgan fingerprint density at radius 1 is 1.11 bits per heavy atom. The monoisotopic (exact) mass is 371 g/mol. The Morgan fingerprint density at radius 3 is 2.39 bits per heavy atom. The second-order valence-electron chi connectivity index (χ2n) is 6.27. The first-order valence-electron chi connectivity index (χ1n) is 8.50. The Morgan fingerprint density at radius 2 is 1.79 bits per heavy atom. The van der Waals surface area contributed by atoms with Crippen LogP contribution in [0.25, 0.3) is 5.70 Å². The third-order valence-electron chi connectivity index (χ3n) is 4.60. The number of carbonyl (C=O) groups is 1. The molecule has 1 aliphatic heterocycles. The van der Waals surface area contributed by atoms with Gasteiger partial charge in [0.05, 0.1) is 47.6 Å². The molecule has 0 saturated heterocycles. The van der Waals surface area contributed by atoms with E-state index in [0.29, 0.717) is 39.2 Å². The summed E-state index contributed by atoms with van der Waals surface area (Å²) in [5.74, 6) is -0.994. The van der Waals surface area contributed by atoms with Gasteiger partial charge in [0.25, 0.3) is 0 Å². The van der Waals surface area contributed by atoms with Crippen LogP contribution in [0.3, 0.4) is 0 Å². The molecular weight excluding hydrogens is 354 g/mol. The van der Waals surface area contributed by atoms with Crippen LogP contribution >= 0.6 is 0 Å². The number of hydrogen-bond acceptors (Lipinski definition) is 6. The number of dihydropyridines is 1. The van der Waals surface area contributed by atoms with Gasteiger partial charge in [0.2, 0.25) is 0 Å². The Hall–Kier alpha value is -4.03. The molecule has 138 valence electrons. The van der Waals surface area contributed by atoms with Crippen molar-refractivity contribution in [3.63, 3.8) is 0 Å². The third kappa shape index (κ3) is 3.32. The molecule has 6 nitrogen and oxygen atoms in total. The van der Waals surface area contributed by atoms with Crippen LogP contribution in [0.2, 0.25) is 0 Å². The van der Waals surface area contributed by atoms with Crippen molar-refractivity contribution in [2.75, 3.05) is 7.11 Å². The summed E-state index contributed by atoms with van der Waals surface area (Å²) in [5, 5.41) is 32.3. The fourth-order valence-corrected chi connectivity index (χ4v) is 3.25. The van der Waals surface area contributed by atoms with Crippen molar-refractivity contribution in [1.29, 1.82) is 10.5 Å². The minimum Gasteiger partial charge on any atom is -0.508 e. The molecule has 1 heterocycles. The van der Waals surface area contributed by atoms with Gasteiger partial charge in [-0.15, -0.1) is 0 Å². The zero-order valence-corrected chi connectivity index (χ0v) is 15.4. The minimum atomic E-state index is -0.621. The van der Waals surface area contributed by atoms with E-state index in [-0.39, 0.29) is 5.75 Å². The molecule has 0 spiro atoms. The van der Waals surface area contributed by atoms with E-state index in [2.05, 4.69) is 17.5 Å². The van der Waals surface area contributed by atoms with Gasteiger partial charge < -0.3 is 15.2 Å². The van der Waals surface area contributed by atoms with E-state index in [1.165, 1.54) is 19.2 Å². The quantitative estimate of drug-likeness (QED) is 0.799. The molecule has 0 saturated carbocycles. The summed E-state index contributed by atoms with van der Waals surface area (Å²) in [7, 11) is 1.30. The summed E-state index contributed by atoms with van der Waals surface area (Å²) < 4.78 is 4.78. The normalized spacial score (nSPS) is 16.1. The predicted octanol–water partition coefficient (Wildman–Crippen LogP) is 3.60. The molecule has 1 unspecified atom stereocenters. The highest BCUT2D eigenvalue weighted by molar-refractivity contribution is 5.89. The van der Waals surface area contributed by atoms with E-state index in [0.717, 1.165) is 0 Å². The van der Waals surface area contributed by atoms with Gasteiger partial charge in [0.15, 0.2) is 0 Å². The van der Waals surface area contributed by atoms with Crippen molar-refractivity contribution >= 4 is 11.7 Å². The lowest BCUT2D eigenvalue weighted by atomic mass is 9.80. The standard InChI is InChI=1S/C22H17N3O3/c1-13-18(11-23)20(15-4-3-5-16(10-15)22(27)28-2)19(12-24)21(25-13)14-6-8-17(26)9-7-14/h3-10,20,25-26H,1-2H3. The maximum atomic E-state index is 11.9. The van der Waals surface area contributed by atoms with Crippen LogP contribution in [-0.2, 0) is 4.74 Å². The number of phenols is 1. The van der Waals surface area contributed by atoms with Gasteiger partial charge >= 0.3 is 5.97 Å². The van der Waals surface area contributed by atoms with Crippen LogP contribution in [0.15, 0.2) is 65.4 Å². The Balaban J connectivity index is 2.21. The summed E-state index contributed by atoms with van der Waals surface area (Å²) in [5.41, 5.74) is 3.64. The molecule has 0 bridgehead atoms. The number of rotatable bonds is 3. The van der Waals surface area contributed by atoms with Crippen LogP contribution in [0.1, 0.15) is 34.3 Å². The highest BCUT2D eigenvalue weighted by atomic mass is 16.5. The lowest BCUT2D eigenvalue weighted by Crippen LogP contribution is -2.24. The molecule has 0 fully saturated rings. The Labute approximate surface area is 162 Å². The summed E-state index contributed by atoms with van der Waals surface area (Å²) in [6, 6.07) is 17.6. The summed E-state index contributed by atoms with van der Waals surface area (Å²) in [4.78, 5) is 11.9. The molecule has 0 amide bonds. The fourth-order valence-electron chi connectivity index (χ4n) is 3.25. The molecule has 2 aromatic carbocycles. The van der Waals surface area contributed by atoms with E-state index in [1.54, 1.807) is 43.3 Å². The fraction of sp³-hybridized carbons (Fsp3) is 0.136. The average Bonchev–Trinajstić information content (AvgIpc) is 2.73. The first kappa shape index (κ1) is 18.8.